The van der Waals surface area contributed by atoms with Crippen LogP contribution in [0.25, 0.3) is 11.0 Å². The third-order valence-electron chi connectivity index (χ3n) is 3.58. The molecular weight excluding hydrogens is 294 g/mol. The average molecular weight is 315 g/mol. The molecule has 2 aromatic rings. The van der Waals surface area contributed by atoms with Crippen molar-refractivity contribution in [3.8, 4) is 0 Å². The van der Waals surface area contributed by atoms with Crippen LogP contribution < -0.4 is 5.32 Å². The largest absolute Gasteiger partial charge is 0.481 e. The number of nitrogens with one attached hydrogen (secondary N) is 1. The molecule has 0 bridgehead atoms. The number of carboxylic acid groups (broad SMARTS) is 1. The maximum absolute atomic E-state index is 12.1. The highest BCUT2D eigenvalue weighted by atomic mass is 16.4. The van der Waals surface area contributed by atoms with Crippen LogP contribution in [0.15, 0.2) is 30.6 Å². The summed E-state index contributed by atoms with van der Waals surface area (Å²) in [5.74, 6) is -0.847. The molecule has 0 saturated heterocycles. The van der Waals surface area contributed by atoms with E-state index in [9.17, 15) is 9.59 Å². The Morgan fingerprint density at radius 3 is 2.43 bits per heavy atom. The molecule has 0 aliphatic rings. The minimum atomic E-state index is -0.739. The van der Waals surface area contributed by atoms with Gasteiger partial charge in [0.1, 0.15) is 0 Å². The number of hydrogen-bond acceptors (Lipinski definition) is 4. The molecule has 23 heavy (non-hydrogen) atoms. The lowest BCUT2D eigenvalue weighted by Gasteiger charge is -2.06. The fraction of sp³-hybridized carbons (Fsp3) is 0.412. The number of carbonyl (C=O) groups is 2. The summed E-state index contributed by atoms with van der Waals surface area (Å²) in [4.78, 5) is 30.8. The van der Waals surface area contributed by atoms with Gasteiger partial charge in [-0.2, -0.15) is 0 Å². The normalized spacial score (nSPS) is 10.6. The highest BCUT2D eigenvalue weighted by Crippen LogP contribution is 2.11. The summed E-state index contributed by atoms with van der Waals surface area (Å²) in [7, 11) is 0. The summed E-state index contributed by atoms with van der Waals surface area (Å²) in [6.07, 6.45) is 7.99. The zero-order chi connectivity index (χ0) is 16.5. The number of benzene rings is 1. The predicted molar refractivity (Wildman–Crippen MR) is 87.2 cm³/mol. The first-order chi connectivity index (χ1) is 11.2. The van der Waals surface area contributed by atoms with E-state index in [1.54, 1.807) is 30.6 Å². The van der Waals surface area contributed by atoms with Crippen LogP contribution in [0.3, 0.4) is 0 Å². The SMILES string of the molecule is O=C(O)CCCCCCCNC(=O)c1ccc2nccnc2c1. The second-order valence-corrected chi connectivity index (χ2v) is 5.43. The Kier molecular flexibility index (Phi) is 6.47. The van der Waals surface area contributed by atoms with Crippen molar-refractivity contribution >= 4 is 22.9 Å². The van der Waals surface area contributed by atoms with Gasteiger partial charge in [-0.1, -0.05) is 19.3 Å². The maximum atomic E-state index is 12.1. The molecule has 0 fully saturated rings. The van der Waals surface area contributed by atoms with E-state index in [-0.39, 0.29) is 12.3 Å². The van der Waals surface area contributed by atoms with Gasteiger partial charge in [0, 0.05) is 30.9 Å². The van der Waals surface area contributed by atoms with Gasteiger partial charge >= 0.3 is 5.97 Å². The summed E-state index contributed by atoms with van der Waals surface area (Å²) in [6, 6.07) is 5.28. The number of carboxylic acids is 1. The summed E-state index contributed by atoms with van der Waals surface area (Å²) in [5, 5.41) is 11.4. The number of aliphatic carboxylic acids is 1. The predicted octanol–water partition coefficient (Wildman–Crippen LogP) is 2.78. The Morgan fingerprint density at radius 2 is 1.65 bits per heavy atom. The molecule has 0 aliphatic carbocycles. The van der Waals surface area contributed by atoms with Gasteiger partial charge in [0.05, 0.1) is 11.0 Å². The van der Waals surface area contributed by atoms with Crippen LogP contribution in [-0.4, -0.2) is 33.5 Å². The summed E-state index contributed by atoms with van der Waals surface area (Å²) in [6.45, 7) is 0.621. The molecule has 0 atom stereocenters. The van der Waals surface area contributed by atoms with Crippen molar-refractivity contribution in [3.05, 3.63) is 36.2 Å². The van der Waals surface area contributed by atoms with Crippen molar-refractivity contribution < 1.29 is 14.7 Å². The summed E-state index contributed by atoms with van der Waals surface area (Å²) in [5.41, 5.74) is 2.06. The van der Waals surface area contributed by atoms with Crippen LogP contribution in [0.4, 0.5) is 0 Å². The Bertz CT molecular complexity index is 673. The molecule has 6 nitrogen and oxygen atoms in total. The Labute approximate surface area is 135 Å². The zero-order valence-electron chi connectivity index (χ0n) is 13.0. The van der Waals surface area contributed by atoms with Crippen LogP contribution >= 0.6 is 0 Å². The molecule has 6 heteroatoms. The zero-order valence-corrected chi connectivity index (χ0v) is 13.0. The number of carbonyl (C=O) groups excluding carboxylic acids is 1. The maximum Gasteiger partial charge on any atom is 0.303 e. The fourth-order valence-electron chi connectivity index (χ4n) is 2.34. The lowest BCUT2D eigenvalue weighted by molar-refractivity contribution is -0.137. The van der Waals surface area contributed by atoms with Gasteiger partial charge in [-0.15, -0.1) is 0 Å². The lowest BCUT2D eigenvalue weighted by Crippen LogP contribution is -2.24. The molecule has 2 N–H and O–H groups in total. The van der Waals surface area contributed by atoms with E-state index in [0.717, 1.165) is 37.6 Å². The Balaban J connectivity index is 1.67. The van der Waals surface area contributed by atoms with E-state index < -0.39 is 5.97 Å². The minimum Gasteiger partial charge on any atom is -0.481 e. The van der Waals surface area contributed by atoms with Crippen molar-refractivity contribution in [1.82, 2.24) is 15.3 Å². The van der Waals surface area contributed by atoms with Gasteiger partial charge in [-0.3, -0.25) is 19.6 Å². The van der Waals surface area contributed by atoms with Crippen LogP contribution in [0.2, 0.25) is 0 Å². The average Bonchev–Trinajstić information content (AvgIpc) is 2.56. The van der Waals surface area contributed by atoms with Gasteiger partial charge in [-0.25, -0.2) is 0 Å². The molecule has 0 spiro atoms. The number of amides is 1. The van der Waals surface area contributed by atoms with E-state index >= 15 is 0 Å². The molecule has 2 rings (SSSR count). The molecule has 0 unspecified atom stereocenters. The molecule has 0 aliphatic heterocycles. The Morgan fingerprint density at radius 1 is 0.957 bits per heavy atom. The van der Waals surface area contributed by atoms with Crippen LogP contribution in [0.5, 0.6) is 0 Å². The highest BCUT2D eigenvalue weighted by molar-refractivity contribution is 5.97. The minimum absolute atomic E-state index is 0.108. The molecule has 1 heterocycles. The molecule has 122 valence electrons. The second kappa shape index (κ2) is 8.82. The Hall–Kier alpha value is -2.50. The first-order valence-electron chi connectivity index (χ1n) is 7.87. The molecule has 1 aromatic carbocycles. The standard InChI is InChI=1S/C17H21N3O3/c21-16(22)6-4-2-1-3-5-9-20-17(23)13-7-8-14-15(12-13)19-11-10-18-14/h7-8,10-12H,1-6,9H2,(H,20,23)(H,21,22). The number of fused-ring (bicyclic) bond motifs is 1. The van der Waals surface area contributed by atoms with Gasteiger partial charge in [-0.05, 0) is 31.0 Å². The molecular formula is C17H21N3O3. The van der Waals surface area contributed by atoms with Crippen molar-refractivity contribution in [2.24, 2.45) is 0 Å². The second-order valence-electron chi connectivity index (χ2n) is 5.43. The van der Waals surface area contributed by atoms with E-state index in [1.165, 1.54) is 0 Å². The van der Waals surface area contributed by atoms with Crippen LogP contribution in [0.1, 0.15) is 48.9 Å². The third kappa shape index (κ3) is 5.65. The van der Waals surface area contributed by atoms with Crippen molar-refractivity contribution in [2.75, 3.05) is 6.54 Å². The monoisotopic (exact) mass is 315 g/mol. The molecule has 0 radical (unpaired) electrons. The number of unbranched alkanes of at least 4 members (excludes halogenated alkanes) is 4. The molecule has 1 amide bonds. The van der Waals surface area contributed by atoms with Crippen LogP contribution in [0, 0.1) is 0 Å². The molecule has 0 saturated carbocycles. The summed E-state index contributed by atoms with van der Waals surface area (Å²) < 4.78 is 0. The van der Waals surface area contributed by atoms with E-state index in [2.05, 4.69) is 15.3 Å². The van der Waals surface area contributed by atoms with Gasteiger partial charge in [0.15, 0.2) is 0 Å². The van der Waals surface area contributed by atoms with Crippen LogP contribution in [-0.2, 0) is 4.79 Å². The van der Waals surface area contributed by atoms with Gasteiger partial charge < -0.3 is 10.4 Å². The van der Waals surface area contributed by atoms with E-state index in [4.69, 9.17) is 5.11 Å². The van der Waals surface area contributed by atoms with Gasteiger partial charge in [0.25, 0.3) is 5.91 Å². The van der Waals surface area contributed by atoms with E-state index in [0.29, 0.717) is 17.6 Å². The van der Waals surface area contributed by atoms with E-state index in [1.807, 2.05) is 0 Å². The molecule has 1 aromatic heterocycles. The fourth-order valence-corrected chi connectivity index (χ4v) is 2.34. The summed E-state index contributed by atoms with van der Waals surface area (Å²) >= 11 is 0. The number of aromatic nitrogens is 2. The van der Waals surface area contributed by atoms with Crippen molar-refractivity contribution in [1.29, 1.82) is 0 Å². The highest BCUT2D eigenvalue weighted by Gasteiger charge is 2.06. The first kappa shape index (κ1) is 16.9. The van der Waals surface area contributed by atoms with Gasteiger partial charge in [0.2, 0.25) is 0 Å². The van der Waals surface area contributed by atoms with Crippen molar-refractivity contribution in [3.63, 3.8) is 0 Å². The number of rotatable bonds is 9. The smallest absolute Gasteiger partial charge is 0.303 e. The number of hydrogen-bond donors (Lipinski definition) is 2. The van der Waals surface area contributed by atoms with Crippen molar-refractivity contribution in [2.45, 2.75) is 38.5 Å². The lowest BCUT2D eigenvalue weighted by atomic mass is 10.1. The first-order valence-corrected chi connectivity index (χ1v) is 7.87. The quantitative estimate of drug-likeness (QED) is 0.694. The third-order valence-corrected chi connectivity index (χ3v) is 3.58. The number of nitrogens with zero attached hydrogens (tertiary/aromatic N) is 2. The topological polar surface area (TPSA) is 92.2 Å².